The Morgan fingerprint density at radius 1 is 1.42 bits per heavy atom. The number of fused-ring (bicyclic) bond motifs is 3. The molecule has 0 spiro atoms. The molecule has 2 atom stereocenters. The standard InChI is InChI=1S/C14H17N3OS/c1-18-8-6-11(15-7-8)14-16-10-2-3-12-9(4-5-19-12)13(10)17-14/h4-5,8,11,15H,2-3,6-7H2,1H3,(H,16,17). The maximum atomic E-state index is 5.41. The van der Waals surface area contributed by atoms with Gasteiger partial charge in [0.05, 0.1) is 17.8 Å². The van der Waals surface area contributed by atoms with Crippen LogP contribution < -0.4 is 5.32 Å². The summed E-state index contributed by atoms with van der Waals surface area (Å²) in [6, 6.07) is 2.50. The van der Waals surface area contributed by atoms with Gasteiger partial charge in [-0.2, -0.15) is 0 Å². The minimum Gasteiger partial charge on any atom is -0.380 e. The van der Waals surface area contributed by atoms with Crippen molar-refractivity contribution in [3.63, 3.8) is 0 Å². The Kier molecular flexibility index (Phi) is 2.72. The highest BCUT2D eigenvalue weighted by molar-refractivity contribution is 7.10. The van der Waals surface area contributed by atoms with Gasteiger partial charge >= 0.3 is 0 Å². The smallest absolute Gasteiger partial charge is 0.124 e. The van der Waals surface area contributed by atoms with Crippen molar-refractivity contribution >= 4 is 11.3 Å². The molecule has 0 aromatic carbocycles. The topological polar surface area (TPSA) is 49.9 Å². The molecule has 1 aliphatic carbocycles. The van der Waals surface area contributed by atoms with Gasteiger partial charge in [0.25, 0.3) is 0 Å². The molecule has 1 fully saturated rings. The number of aromatic amines is 1. The van der Waals surface area contributed by atoms with Crippen LogP contribution in [0.3, 0.4) is 0 Å². The van der Waals surface area contributed by atoms with Crippen LogP contribution in [-0.4, -0.2) is 29.7 Å². The summed E-state index contributed by atoms with van der Waals surface area (Å²) in [5.41, 5.74) is 3.79. The van der Waals surface area contributed by atoms with Crippen molar-refractivity contribution in [3.05, 3.63) is 27.8 Å². The van der Waals surface area contributed by atoms with Crippen LogP contribution in [0.15, 0.2) is 11.4 Å². The van der Waals surface area contributed by atoms with Crippen LogP contribution in [0.5, 0.6) is 0 Å². The molecule has 2 unspecified atom stereocenters. The zero-order chi connectivity index (χ0) is 12.8. The van der Waals surface area contributed by atoms with Crippen LogP contribution in [0.4, 0.5) is 0 Å². The van der Waals surface area contributed by atoms with Crippen molar-refractivity contribution in [2.45, 2.75) is 31.4 Å². The van der Waals surface area contributed by atoms with Gasteiger partial charge in [-0.05, 0) is 30.7 Å². The maximum Gasteiger partial charge on any atom is 0.124 e. The predicted molar refractivity (Wildman–Crippen MR) is 75.5 cm³/mol. The molecular weight excluding hydrogens is 258 g/mol. The Hall–Kier alpha value is -1.17. The number of aryl methyl sites for hydroxylation is 2. The number of hydrogen-bond donors (Lipinski definition) is 2. The fourth-order valence-corrected chi connectivity index (χ4v) is 3.95. The second kappa shape index (κ2) is 4.44. The van der Waals surface area contributed by atoms with Gasteiger partial charge in [-0.1, -0.05) is 0 Å². The molecule has 1 aliphatic heterocycles. The molecule has 0 amide bonds. The summed E-state index contributed by atoms with van der Waals surface area (Å²) < 4.78 is 5.41. The fraction of sp³-hybridized carbons (Fsp3) is 0.500. The van der Waals surface area contributed by atoms with E-state index < -0.39 is 0 Å². The quantitative estimate of drug-likeness (QED) is 0.884. The number of nitrogens with one attached hydrogen (secondary N) is 2. The van der Waals surface area contributed by atoms with Gasteiger partial charge in [0.1, 0.15) is 5.82 Å². The van der Waals surface area contributed by atoms with E-state index in [1.807, 2.05) is 11.3 Å². The van der Waals surface area contributed by atoms with E-state index in [1.165, 1.54) is 21.8 Å². The molecule has 4 rings (SSSR count). The van der Waals surface area contributed by atoms with Gasteiger partial charge < -0.3 is 15.0 Å². The number of imidazole rings is 1. The van der Waals surface area contributed by atoms with Crippen LogP contribution in [-0.2, 0) is 17.6 Å². The zero-order valence-corrected chi connectivity index (χ0v) is 11.7. The first-order chi connectivity index (χ1) is 9.35. The summed E-state index contributed by atoms with van der Waals surface area (Å²) in [5.74, 6) is 1.07. The van der Waals surface area contributed by atoms with Crippen LogP contribution >= 0.6 is 11.3 Å². The highest BCUT2D eigenvalue weighted by atomic mass is 32.1. The van der Waals surface area contributed by atoms with E-state index in [2.05, 4.69) is 21.7 Å². The normalized spacial score (nSPS) is 25.3. The fourth-order valence-electron chi connectivity index (χ4n) is 3.07. The Balaban J connectivity index is 1.67. The molecule has 2 N–H and O–H groups in total. The van der Waals surface area contributed by atoms with Crippen molar-refractivity contribution in [1.82, 2.24) is 15.3 Å². The molecule has 2 aliphatic rings. The van der Waals surface area contributed by atoms with E-state index in [1.54, 1.807) is 7.11 Å². The molecule has 0 radical (unpaired) electrons. The van der Waals surface area contributed by atoms with Gasteiger partial charge in [0.15, 0.2) is 0 Å². The van der Waals surface area contributed by atoms with Gasteiger partial charge in [-0.25, -0.2) is 4.98 Å². The SMILES string of the molecule is COC1CNC(c2nc3c([nH]2)CCc2sccc2-3)C1. The first-order valence-electron chi connectivity index (χ1n) is 6.77. The molecule has 100 valence electrons. The molecule has 5 heteroatoms. The van der Waals surface area contributed by atoms with Crippen molar-refractivity contribution in [3.8, 4) is 11.3 Å². The number of nitrogens with zero attached hydrogens (tertiary/aromatic N) is 1. The van der Waals surface area contributed by atoms with Crippen LogP contribution in [0.2, 0.25) is 0 Å². The predicted octanol–water partition coefficient (Wildman–Crippen LogP) is 2.29. The third kappa shape index (κ3) is 1.84. The Morgan fingerprint density at radius 2 is 2.37 bits per heavy atom. The molecule has 2 aromatic heterocycles. The van der Waals surface area contributed by atoms with Crippen LogP contribution in [0.1, 0.15) is 28.9 Å². The van der Waals surface area contributed by atoms with E-state index >= 15 is 0 Å². The van der Waals surface area contributed by atoms with Crippen LogP contribution in [0.25, 0.3) is 11.3 Å². The highest BCUT2D eigenvalue weighted by Gasteiger charge is 2.29. The minimum absolute atomic E-state index is 0.303. The monoisotopic (exact) mass is 275 g/mol. The number of hydrogen-bond acceptors (Lipinski definition) is 4. The molecule has 0 saturated carbocycles. The minimum atomic E-state index is 0.303. The summed E-state index contributed by atoms with van der Waals surface area (Å²) in [6.07, 6.45) is 3.53. The Morgan fingerprint density at radius 3 is 3.21 bits per heavy atom. The summed E-state index contributed by atoms with van der Waals surface area (Å²) in [6.45, 7) is 0.913. The lowest BCUT2D eigenvalue weighted by molar-refractivity contribution is 0.117. The second-order valence-corrected chi connectivity index (χ2v) is 6.26. The lowest BCUT2D eigenvalue weighted by Crippen LogP contribution is -2.16. The molecule has 2 aromatic rings. The highest BCUT2D eigenvalue weighted by Crippen LogP contribution is 2.36. The molecule has 19 heavy (non-hydrogen) atoms. The average molecular weight is 275 g/mol. The molecule has 1 saturated heterocycles. The van der Waals surface area contributed by atoms with E-state index in [4.69, 9.17) is 9.72 Å². The Bertz CT molecular complexity index is 604. The number of thiophene rings is 1. The number of methoxy groups -OCH3 is 1. The molecule has 3 heterocycles. The summed E-state index contributed by atoms with van der Waals surface area (Å²) in [4.78, 5) is 9.85. The van der Waals surface area contributed by atoms with Crippen molar-refractivity contribution in [1.29, 1.82) is 0 Å². The lowest BCUT2D eigenvalue weighted by atomic mass is 10.0. The van der Waals surface area contributed by atoms with Gasteiger partial charge in [0.2, 0.25) is 0 Å². The third-order valence-electron chi connectivity index (χ3n) is 4.15. The maximum absolute atomic E-state index is 5.41. The van der Waals surface area contributed by atoms with Crippen LogP contribution in [0, 0.1) is 0 Å². The molecule has 4 nitrogen and oxygen atoms in total. The number of rotatable bonds is 2. The second-order valence-electron chi connectivity index (χ2n) is 5.26. The number of ether oxygens (including phenoxy) is 1. The van der Waals surface area contributed by atoms with E-state index in [0.717, 1.165) is 31.6 Å². The third-order valence-corrected chi connectivity index (χ3v) is 5.13. The van der Waals surface area contributed by atoms with Gasteiger partial charge in [-0.3, -0.25) is 0 Å². The Labute approximate surface area is 116 Å². The molecular formula is C14H17N3OS. The summed E-state index contributed by atoms with van der Waals surface area (Å²) in [7, 11) is 1.78. The molecule has 0 bridgehead atoms. The lowest BCUT2D eigenvalue weighted by Gasteiger charge is -2.09. The van der Waals surface area contributed by atoms with Crippen molar-refractivity contribution in [2.24, 2.45) is 0 Å². The van der Waals surface area contributed by atoms with Crippen molar-refractivity contribution < 1.29 is 4.74 Å². The van der Waals surface area contributed by atoms with E-state index in [-0.39, 0.29) is 0 Å². The van der Waals surface area contributed by atoms with Gasteiger partial charge in [-0.15, -0.1) is 11.3 Å². The van der Waals surface area contributed by atoms with E-state index in [9.17, 15) is 0 Å². The first-order valence-corrected chi connectivity index (χ1v) is 7.65. The number of aromatic nitrogens is 2. The zero-order valence-electron chi connectivity index (χ0n) is 10.9. The average Bonchev–Trinajstić information content (AvgIpc) is 3.15. The van der Waals surface area contributed by atoms with Crippen molar-refractivity contribution in [2.75, 3.05) is 13.7 Å². The van der Waals surface area contributed by atoms with Gasteiger partial charge in [0, 0.05) is 29.8 Å². The number of H-pyrrole nitrogens is 1. The summed E-state index contributed by atoms with van der Waals surface area (Å²) in [5, 5.41) is 5.65. The largest absolute Gasteiger partial charge is 0.380 e. The van der Waals surface area contributed by atoms with E-state index in [0.29, 0.717) is 12.1 Å². The summed E-state index contributed by atoms with van der Waals surface area (Å²) >= 11 is 1.84. The first kappa shape index (κ1) is 11.6.